The first-order valence-corrected chi connectivity index (χ1v) is 6.42. The van der Waals surface area contributed by atoms with E-state index in [1.165, 1.54) is 56.9 Å². The fourth-order valence-electron chi connectivity index (χ4n) is 3.65. The fraction of sp³-hybridized carbons (Fsp3) is 0.857. The van der Waals surface area contributed by atoms with Gasteiger partial charge < -0.3 is 0 Å². The minimum atomic E-state index is 1.05. The van der Waals surface area contributed by atoms with E-state index in [2.05, 4.69) is 13.5 Å². The van der Waals surface area contributed by atoms with Gasteiger partial charge in [0, 0.05) is 0 Å². The molecule has 80 valence electrons. The van der Waals surface area contributed by atoms with E-state index in [-0.39, 0.29) is 0 Å². The summed E-state index contributed by atoms with van der Waals surface area (Å²) in [6, 6.07) is 0. The van der Waals surface area contributed by atoms with Crippen LogP contribution >= 0.6 is 0 Å². The molecule has 2 saturated carbocycles. The molecule has 3 atom stereocenters. The van der Waals surface area contributed by atoms with Gasteiger partial charge in [0.15, 0.2) is 0 Å². The number of rotatable bonds is 3. The number of hydrogen-bond acceptors (Lipinski definition) is 0. The Morgan fingerprint density at radius 1 is 1.14 bits per heavy atom. The van der Waals surface area contributed by atoms with Crippen molar-refractivity contribution in [3.8, 4) is 0 Å². The highest BCUT2D eigenvalue weighted by Crippen LogP contribution is 2.47. The summed E-state index contributed by atoms with van der Waals surface area (Å²) in [5, 5.41) is 0. The van der Waals surface area contributed by atoms with Crippen molar-refractivity contribution in [3.05, 3.63) is 12.2 Å². The van der Waals surface area contributed by atoms with Gasteiger partial charge in [-0.2, -0.15) is 0 Å². The molecule has 0 N–H and O–H groups in total. The van der Waals surface area contributed by atoms with E-state index >= 15 is 0 Å². The van der Waals surface area contributed by atoms with Gasteiger partial charge in [-0.15, -0.1) is 6.58 Å². The Morgan fingerprint density at radius 3 is 2.71 bits per heavy atom. The van der Waals surface area contributed by atoms with Crippen molar-refractivity contribution in [2.45, 2.75) is 58.3 Å². The van der Waals surface area contributed by atoms with Crippen molar-refractivity contribution in [2.24, 2.45) is 17.8 Å². The van der Waals surface area contributed by atoms with Crippen molar-refractivity contribution >= 4 is 0 Å². The molecule has 0 aromatic heterocycles. The van der Waals surface area contributed by atoms with E-state index in [9.17, 15) is 0 Å². The summed E-state index contributed by atoms with van der Waals surface area (Å²) in [6.45, 7) is 6.19. The first kappa shape index (κ1) is 10.3. The van der Waals surface area contributed by atoms with E-state index in [0.717, 1.165) is 17.8 Å². The summed E-state index contributed by atoms with van der Waals surface area (Å²) in [5.41, 5.74) is 1.38. The second-order valence-corrected chi connectivity index (χ2v) is 5.54. The predicted octanol–water partition coefficient (Wildman–Crippen LogP) is 4.56. The van der Waals surface area contributed by atoms with Gasteiger partial charge in [0.25, 0.3) is 0 Å². The monoisotopic (exact) mass is 192 g/mol. The molecule has 0 bridgehead atoms. The van der Waals surface area contributed by atoms with Crippen LogP contribution < -0.4 is 0 Å². The lowest BCUT2D eigenvalue weighted by molar-refractivity contribution is 0.221. The maximum absolute atomic E-state index is 4.02. The SMILES string of the molecule is C=C(C)CCC1CCC2CCCCC21. The normalized spacial score (nSPS) is 36.8. The average molecular weight is 192 g/mol. The zero-order valence-electron chi connectivity index (χ0n) is 9.60. The van der Waals surface area contributed by atoms with Gasteiger partial charge >= 0.3 is 0 Å². The number of fused-ring (bicyclic) bond motifs is 1. The van der Waals surface area contributed by atoms with E-state index < -0.39 is 0 Å². The average Bonchev–Trinajstić information content (AvgIpc) is 2.58. The van der Waals surface area contributed by atoms with Gasteiger partial charge in [-0.05, 0) is 56.8 Å². The molecule has 0 amide bonds. The van der Waals surface area contributed by atoms with Crippen molar-refractivity contribution in [2.75, 3.05) is 0 Å². The second-order valence-electron chi connectivity index (χ2n) is 5.54. The maximum Gasteiger partial charge on any atom is -0.0323 e. The van der Waals surface area contributed by atoms with Crippen molar-refractivity contribution in [3.63, 3.8) is 0 Å². The van der Waals surface area contributed by atoms with E-state index in [4.69, 9.17) is 0 Å². The van der Waals surface area contributed by atoms with Crippen LogP contribution in [0.5, 0.6) is 0 Å². The Kier molecular flexibility index (Phi) is 3.30. The van der Waals surface area contributed by atoms with Crippen molar-refractivity contribution in [1.82, 2.24) is 0 Å². The fourth-order valence-corrected chi connectivity index (χ4v) is 3.65. The summed E-state index contributed by atoms with van der Waals surface area (Å²) in [6.07, 6.45) is 11.8. The standard InChI is InChI=1S/C14H24/c1-11(2)7-8-13-10-9-12-5-3-4-6-14(12)13/h12-14H,1,3-10H2,2H3. The highest BCUT2D eigenvalue weighted by atomic mass is 14.4. The third-order valence-electron chi connectivity index (χ3n) is 4.42. The van der Waals surface area contributed by atoms with Crippen LogP contribution in [0.4, 0.5) is 0 Å². The summed E-state index contributed by atoms with van der Waals surface area (Å²) in [5.74, 6) is 3.26. The Balaban J connectivity index is 1.84. The van der Waals surface area contributed by atoms with Crippen LogP contribution in [0.15, 0.2) is 12.2 Å². The van der Waals surface area contributed by atoms with E-state index in [1.807, 2.05) is 0 Å². The molecule has 14 heavy (non-hydrogen) atoms. The first-order chi connectivity index (χ1) is 6.77. The molecule has 2 aliphatic carbocycles. The Bertz CT molecular complexity index is 204. The topological polar surface area (TPSA) is 0 Å². The molecule has 0 heterocycles. The summed E-state index contributed by atoms with van der Waals surface area (Å²) >= 11 is 0. The molecule has 3 unspecified atom stereocenters. The highest BCUT2D eigenvalue weighted by molar-refractivity contribution is 4.92. The maximum atomic E-state index is 4.02. The van der Waals surface area contributed by atoms with Gasteiger partial charge in [-0.25, -0.2) is 0 Å². The number of hydrogen-bond donors (Lipinski definition) is 0. The number of allylic oxidation sites excluding steroid dienone is 1. The van der Waals surface area contributed by atoms with Crippen LogP contribution in [-0.4, -0.2) is 0 Å². The largest absolute Gasteiger partial charge is 0.100 e. The molecule has 0 heteroatoms. The zero-order valence-corrected chi connectivity index (χ0v) is 9.60. The minimum Gasteiger partial charge on any atom is -0.100 e. The molecule has 0 aliphatic heterocycles. The minimum absolute atomic E-state index is 1.05. The van der Waals surface area contributed by atoms with Crippen molar-refractivity contribution in [1.29, 1.82) is 0 Å². The van der Waals surface area contributed by atoms with Crippen LogP contribution in [0, 0.1) is 17.8 Å². The lowest BCUT2D eigenvalue weighted by Gasteiger charge is -2.29. The van der Waals surface area contributed by atoms with Crippen LogP contribution in [-0.2, 0) is 0 Å². The lowest BCUT2D eigenvalue weighted by atomic mass is 9.77. The molecule has 2 aliphatic rings. The van der Waals surface area contributed by atoms with Gasteiger partial charge in [0.2, 0.25) is 0 Å². The Morgan fingerprint density at radius 2 is 1.93 bits per heavy atom. The smallest absolute Gasteiger partial charge is 0.0323 e. The molecule has 0 saturated heterocycles. The summed E-state index contributed by atoms with van der Waals surface area (Å²) in [7, 11) is 0. The van der Waals surface area contributed by atoms with Gasteiger partial charge in [-0.1, -0.05) is 24.8 Å². The van der Waals surface area contributed by atoms with Crippen LogP contribution in [0.1, 0.15) is 58.3 Å². The second kappa shape index (κ2) is 4.51. The Labute approximate surface area is 88.8 Å². The Hall–Kier alpha value is -0.260. The van der Waals surface area contributed by atoms with Gasteiger partial charge in [0.1, 0.15) is 0 Å². The lowest BCUT2D eigenvalue weighted by Crippen LogP contribution is -2.19. The van der Waals surface area contributed by atoms with E-state index in [1.54, 1.807) is 0 Å². The molecule has 0 aromatic carbocycles. The quantitative estimate of drug-likeness (QED) is 0.575. The van der Waals surface area contributed by atoms with Gasteiger partial charge in [0.05, 0.1) is 0 Å². The summed E-state index contributed by atoms with van der Waals surface area (Å²) < 4.78 is 0. The van der Waals surface area contributed by atoms with Crippen LogP contribution in [0.3, 0.4) is 0 Å². The van der Waals surface area contributed by atoms with E-state index in [0.29, 0.717) is 0 Å². The predicted molar refractivity (Wildman–Crippen MR) is 62.2 cm³/mol. The zero-order chi connectivity index (χ0) is 9.97. The third kappa shape index (κ3) is 2.21. The molecular weight excluding hydrogens is 168 g/mol. The molecule has 0 radical (unpaired) electrons. The summed E-state index contributed by atoms with van der Waals surface area (Å²) in [4.78, 5) is 0. The van der Waals surface area contributed by atoms with Gasteiger partial charge in [-0.3, -0.25) is 0 Å². The molecule has 2 fully saturated rings. The third-order valence-corrected chi connectivity index (χ3v) is 4.42. The molecule has 0 nitrogen and oxygen atoms in total. The molecule has 0 spiro atoms. The molecule has 2 rings (SSSR count). The van der Waals surface area contributed by atoms with Crippen LogP contribution in [0.25, 0.3) is 0 Å². The highest BCUT2D eigenvalue weighted by Gasteiger charge is 2.36. The van der Waals surface area contributed by atoms with Crippen LogP contribution in [0.2, 0.25) is 0 Å². The molecular formula is C14H24. The molecule has 0 aromatic rings. The first-order valence-electron chi connectivity index (χ1n) is 6.42. The van der Waals surface area contributed by atoms with Crippen molar-refractivity contribution < 1.29 is 0 Å².